The molecule has 0 atom stereocenters. The number of hydrogen-bond donors (Lipinski definition) is 4. The minimum absolute atomic E-state index is 0.0459. The van der Waals surface area contributed by atoms with Crippen LogP contribution in [0.5, 0.6) is 0 Å². The molecule has 0 fully saturated rings. The Kier molecular flexibility index (Phi) is 22.8. The molecule has 2 heterocycles. The van der Waals surface area contributed by atoms with E-state index >= 15 is 0 Å². The second kappa shape index (κ2) is 23.4. The summed E-state index contributed by atoms with van der Waals surface area (Å²) < 4.78 is 14.2. The van der Waals surface area contributed by atoms with Crippen molar-refractivity contribution in [2.75, 3.05) is 67.6 Å². The summed E-state index contributed by atoms with van der Waals surface area (Å²) in [5.74, 6) is 0. The first-order valence-corrected chi connectivity index (χ1v) is 13.9. The van der Waals surface area contributed by atoms with Crippen LogP contribution >= 0.6 is 0 Å². The highest BCUT2D eigenvalue weighted by Crippen LogP contribution is 2.09. The number of hydrogen-bond acceptors (Lipinski definition) is 10. The fraction of sp³-hybridized carbons (Fsp3) is 0.714. The number of ether oxygens (including phenoxy) is 2. The lowest BCUT2D eigenvalue weighted by atomic mass is 10.2. The van der Waals surface area contributed by atoms with E-state index in [1.165, 1.54) is 4.90 Å². The van der Waals surface area contributed by atoms with E-state index in [2.05, 4.69) is 20.6 Å². The van der Waals surface area contributed by atoms with Gasteiger partial charge in [0.1, 0.15) is 11.2 Å². The summed E-state index contributed by atoms with van der Waals surface area (Å²) in [6.07, 6.45) is 10.2. The molecule has 0 bridgehead atoms. The molecule has 0 aliphatic carbocycles. The van der Waals surface area contributed by atoms with Gasteiger partial charge in [0, 0.05) is 78.2 Å². The van der Waals surface area contributed by atoms with Crippen molar-refractivity contribution in [3.05, 3.63) is 37.4 Å². The van der Waals surface area contributed by atoms with Crippen molar-refractivity contribution in [2.24, 2.45) is 0 Å². The van der Waals surface area contributed by atoms with Gasteiger partial charge in [0.15, 0.2) is 0 Å². The third-order valence-corrected chi connectivity index (χ3v) is 4.64. The summed E-state index contributed by atoms with van der Waals surface area (Å²) >= 11 is 0. The first kappa shape index (κ1) is 40.9. The zero-order chi connectivity index (χ0) is 32.6. The standard InChI is InChI=1S/C11H19N3O2.C8H17NO3.C6H11N3.C3H9NO/c1-11(2,3)16-10(15)13(4)7-8-14-6-5-12-9-14;1-8(2,3)12-7(11)9(4)5-6-10;1-7-2-4-9-5-3-8-6-9;1-4-2-3-5/h5-6,9H,7-8H2,1-4H3;10H,5-6H2,1-4H3;3,5-7H,2,4H2,1H3;4-5H,2-3H2,1H3. The van der Waals surface area contributed by atoms with Crippen LogP contribution in [-0.2, 0) is 22.6 Å². The highest BCUT2D eigenvalue weighted by molar-refractivity contribution is 5.68. The number of nitrogens with zero attached hydrogens (tertiary/aromatic N) is 6. The molecule has 4 N–H and O–H groups in total. The smallest absolute Gasteiger partial charge is 0.410 e. The third-order valence-electron chi connectivity index (χ3n) is 4.64. The molecule has 2 rings (SSSR count). The molecule has 0 saturated heterocycles. The van der Waals surface area contributed by atoms with Gasteiger partial charge in [-0.05, 0) is 55.6 Å². The van der Waals surface area contributed by atoms with E-state index in [4.69, 9.17) is 19.7 Å². The van der Waals surface area contributed by atoms with E-state index < -0.39 is 17.3 Å². The van der Waals surface area contributed by atoms with Gasteiger partial charge in [-0.15, -0.1) is 0 Å². The number of rotatable bonds is 10. The lowest BCUT2D eigenvalue weighted by molar-refractivity contribution is 0.0268. The molecular weight excluding hydrogens is 544 g/mol. The van der Waals surface area contributed by atoms with Crippen LogP contribution < -0.4 is 10.6 Å². The molecular formula is C28H56N8O6. The Morgan fingerprint density at radius 3 is 1.48 bits per heavy atom. The second-order valence-electron chi connectivity index (χ2n) is 11.1. The van der Waals surface area contributed by atoms with Crippen molar-refractivity contribution in [1.29, 1.82) is 0 Å². The number of amides is 2. The van der Waals surface area contributed by atoms with Gasteiger partial charge in [0.2, 0.25) is 0 Å². The minimum atomic E-state index is -0.471. The molecule has 42 heavy (non-hydrogen) atoms. The molecule has 0 radical (unpaired) electrons. The fourth-order valence-corrected chi connectivity index (χ4v) is 2.47. The third kappa shape index (κ3) is 25.7. The highest BCUT2D eigenvalue weighted by Gasteiger charge is 2.19. The van der Waals surface area contributed by atoms with Gasteiger partial charge in [0.05, 0.1) is 25.9 Å². The number of imidazole rings is 2. The van der Waals surface area contributed by atoms with Crippen LogP contribution in [0.25, 0.3) is 0 Å². The van der Waals surface area contributed by atoms with Crippen LogP contribution in [0.15, 0.2) is 37.4 Å². The molecule has 0 aromatic carbocycles. The Balaban J connectivity index is 0. The van der Waals surface area contributed by atoms with E-state index in [-0.39, 0.29) is 19.3 Å². The van der Waals surface area contributed by atoms with Crippen LogP contribution in [0, 0.1) is 0 Å². The number of aromatic nitrogens is 4. The van der Waals surface area contributed by atoms with E-state index in [0.29, 0.717) is 19.6 Å². The largest absolute Gasteiger partial charge is 0.444 e. The summed E-state index contributed by atoms with van der Waals surface area (Å²) in [5.41, 5.74) is -0.916. The van der Waals surface area contributed by atoms with Crippen LogP contribution in [0.4, 0.5) is 9.59 Å². The summed E-state index contributed by atoms with van der Waals surface area (Å²) in [5, 5.41) is 22.4. The molecule has 2 aromatic heterocycles. The van der Waals surface area contributed by atoms with Gasteiger partial charge in [-0.2, -0.15) is 0 Å². The SMILES string of the molecule is CN(CCO)C(=O)OC(C)(C)C.CN(CCn1ccnc1)C(=O)OC(C)(C)C.CNCCO.CNCCn1ccnc1. The maximum Gasteiger partial charge on any atom is 0.410 e. The van der Waals surface area contributed by atoms with Gasteiger partial charge < -0.3 is 49.3 Å². The molecule has 14 nitrogen and oxygen atoms in total. The van der Waals surface area contributed by atoms with Gasteiger partial charge in [-0.3, -0.25) is 0 Å². The van der Waals surface area contributed by atoms with Crippen LogP contribution in [0.3, 0.4) is 0 Å². The van der Waals surface area contributed by atoms with Crippen molar-refractivity contribution < 1.29 is 29.3 Å². The zero-order valence-electron chi connectivity index (χ0n) is 27.3. The molecule has 0 unspecified atom stereocenters. The highest BCUT2D eigenvalue weighted by atomic mass is 16.6. The van der Waals surface area contributed by atoms with Gasteiger partial charge in [-0.1, -0.05) is 0 Å². The molecule has 0 spiro atoms. The molecule has 0 saturated carbocycles. The predicted octanol–water partition coefficient (Wildman–Crippen LogP) is 1.90. The topological polar surface area (TPSA) is 159 Å². The lowest BCUT2D eigenvalue weighted by Crippen LogP contribution is -2.35. The number of likely N-dealkylation sites (N-methyl/N-ethyl adjacent to an activating group) is 4. The number of carbonyl (C=O) groups is 2. The summed E-state index contributed by atoms with van der Waals surface area (Å²) in [4.78, 5) is 33.5. The Hall–Kier alpha value is -3.20. The average Bonchev–Trinajstić information content (AvgIpc) is 3.60. The Morgan fingerprint density at radius 2 is 1.17 bits per heavy atom. The summed E-state index contributed by atoms with van der Waals surface area (Å²) in [7, 11) is 7.06. The van der Waals surface area contributed by atoms with E-state index in [1.54, 1.807) is 65.5 Å². The van der Waals surface area contributed by atoms with Gasteiger partial charge >= 0.3 is 12.2 Å². The maximum absolute atomic E-state index is 11.6. The molecule has 2 aromatic rings. The first-order chi connectivity index (χ1) is 19.6. The Labute approximate surface area is 252 Å². The van der Waals surface area contributed by atoms with E-state index in [9.17, 15) is 9.59 Å². The second-order valence-corrected chi connectivity index (χ2v) is 11.1. The molecule has 2 amide bonds. The summed E-state index contributed by atoms with van der Waals surface area (Å²) in [6.45, 7) is 15.5. The first-order valence-electron chi connectivity index (χ1n) is 13.9. The Bertz CT molecular complexity index is 895. The zero-order valence-corrected chi connectivity index (χ0v) is 27.3. The van der Waals surface area contributed by atoms with Crippen LogP contribution in [0.2, 0.25) is 0 Å². The maximum atomic E-state index is 11.6. The molecule has 244 valence electrons. The van der Waals surface area contributed by atoms with Crippen molar-refractivity contribution in [1.82, 2.24) is 39.5 Å². The molecule has 14 heteroatoms. The van der Waals surface area contributed by atoms with Crippen LogP contribution in [0.1, 0.15) is 41.5 Å². The van der Waals surface area contributed by atoms with Gasteiger partial charge in [0.25, 0.3) is 0 Å². The monoisotopic (exact) mass is 600 g/mol. The van der Waals surface area contributed by atoms with Crippen molar-refractivity contribution in [3.8, 4) is 0 Å². The Morgan fingerprint density at radius 1 is 0.738 bits per heavy atom. The normalized spacial score (nSPS) is 10.6. The molecule has 0 aliphatic rings. The summed E-state index contributed by atoms with van der Waals surface area (Å²) in [6, 6.07) is 0. The minimum Gasteiger partial charge on any atom is -0.444 e. The van der Waals surface area contributed by atoms with E-state index in [0.717, 1.165) is 19.6 Å². The number of carbonyl (C=O) groups excluding carboxylic acids is 2. The number of nitrogens with one attached hydrogen (secondary N) is 2. The predicted molar refractivity (Wildman–Crippen MR) is 164 cm³/mol. The fourth-order valence-electron chi connectivity index (χ4n) is 2.47. The number of aliphatic hydroxyl groups excluding tert-OH is 2. The number of aliphatic hydroxyl groups is 2. The van der Waals surface area contributed by atoms with Crippen LogP contribution in [-0.4, -0.2) is 130 Å². The van der Waals surface area contributed by atoms with E-state index in [1.807, 2.05) is 55.7 Å². The average molecular weight is 601 g/mol. The molecule has 0 aliphatic heterocycles. The van der Waals surface area contributed by atoms with Gasteiger partial charge in [-0.25, -0.2) is 19.6 Å². The quantitative estimate of drug-likeness (QED) is 0.317. The van der Waals surface area contributed by atoms with Crippen molar-refractivity contribution in [3.63, 3.8) is 0 Å². The lowest BCUT2D eigenvalue weighted by Gasteiger charge is -2.24. The van der Waals surface area contributed by atoms with Crippen molar-refractivity contribution >= 4 is 12.2 Å². The van der Waals surface area contributed by atoms with Crippen molar-refractivity contribution in [2.45, 2.75) is 65.8 Å².